The van der Waals surface area contributed by atoms with Crippen molar-refractivity contribution in [2.45, 2.75) is 19.1 Å². The van der Waals surface area contributed by atoms with Crippen LogP contribution < -0.4 is 10.1 Å². The number of rotatable bonds is 4. The van der Waals surface area contributed by atoms with Crippen molar-refractivity contribution in [3.63, 3.8) is 0 Å². The third-order valence-electron chi connectivity index (χ3n) is 3.51. The van der Waals surface area contributed by atoms with E-state index in [2.05, 4.69) is 11.4 Å². The molecule has 1 N–H and O–H groups in total. The van der Waals surface area contributed by atoms with Crippen LogP contribution in [0.5, 0.6) is 5.75 Å². The Labute approximate surface area is 123 Å². The Hall–Kier alpha value is -2.43. The Morgan fingerprint density at radius 3 is 2.95 bits per heavy atom. The first kappa shape index (κ1) is 13.5. The van der Waals surface area contributed by atoms with E-state index in [1.807, 2.05) is 30.3 Å². The first-order valence-electron chi connectivity index (χ1n) is 6.98. The molecule has 2 aromatic rings. The summed E-state index contributed by atoms with van der Waals surface area (Å²) in [5.41, 5.74) is 1.20. The normalized spacial score (nSPS) is 16.1. The Kier molecular flexibility index (Phi) is 3.81. The van der Waals surface area contributed by atoms with Gasteiger partial charge in [0.1, 0.15) is 17.6 Å². The smallest absolute Gasteiger partial charge is 0.317 e. The van der Waals surface area contributed by atoms with Gasteiger partial charge in [-0.15, -0.1) is 0 Å². The average Bonchev–Trinajstić information content (AvgIpc) is 3.13. The van der Waals surface area contributed by atoms with Crippen LogP contribution in [0.25, 0.3) is 0 Å². The fourth-order valence-electron chi connectivity index (χ4n) is 2.41. The maximum Gasteiger partial charge on any atom is 0.317 e. The molecule has 21 heavy (non-hydrogen) atoms. The minimum absolute atomic E-state index is 0.00311. The van der Waals surface area contributed by atoms with E-state index < -0.39 is 0 Å². The summed E-state index contributed by atoms with van der Waals surface area (Å²) in [7, 11) is 1.74. The van der Waals surface area contributed by atoms with E-state index in [4.69, 9.17) is 9.15 Å². The highest BCUT2D eigenvalue weighted by Crippen LogP contribution is 2.27. The van der Waals surface area contributed by atoms with E-state index in [9.17, 15) is 4.79 Å². The Morgan fingerprint density at radius 2 is 2.19 bits per heavy atom. The number of carbonyl (C=O) groups excluding carboxylic acids is 1. The summed E-state index contributed by atoms with van der Waals surface area (Å²) in [6.45, 7) is 0.945. The van der Waals surface area contributed by atoms with Gasteiger partial charge in [-0.3, -0.25) is 0 Å². The second-order valence-electron chi connectivity index (χ2n) is 5.17. The molecule has 1 aliphatic heterocycles. The quantitative estimate of drug-likeness (QED) is 0.939. The molecule has 0 unspecified atom stereocenters. The minimum atomic E-state index is -0.133. The van der Waals surface area contributed by atoms with Gasteiger partial charge in [0.15, 0.2) is 0 Å². The monoisotopic (exact) mass is 286 g/mol. The van der Waals surface area contributed by atoms with Gasteiger partial charge in [0.25, 0.3) is 0 Å². The van der Waals surface area contributed by atoms with E-state index in [1.165, 1.54) is 5.56 Å². The summed E-state index contributed by atoms with van der Waals surface area (Å²) in [6.07, 6.45) is 2.44. The lowest BCUT2D eigenvalue weighted by molar-refractivity contribution is 0.188. The topological polar surface area (TPSA) is 54.7 Å². The zero-order chi connectivity index (χ0) is 14.7. The zero-order valence-electron chi connectivity index (χ0n) is 11.9. The fraction of sp³-hybridized carbons (Fsp3) is 0.312. The summed E-state index contributed by atoms with van der Waals surface area (Å²) in [5.74, 6) is 1.68. The van der Waals surface area contributed by atoms with Crippen molar-refractivity contribution < 1.29 is 13.9 Å². The summed E-state index contributed by atoms with van der Waals surface area (Å²) < 4.78 is 11.0. The van der Waals surface area contributed by atoms with Gasteiger partial charge < -0.3 is 19.4 Å². The first-order chi connectivity index (χ1) is 10.2. The Morgan fingerprint density at radius 1 is 1.33 bits per heavy atom. The van der Waals surface area contributed by atoms with E-state index in [-0.39, 0.29) is 12.1 Å². The summed E-state index contributed by atoms with van der Waals surface area (Å²) in [5, 5.41) is 2.89. The van der Waals surface area contributed by atoms with E-state index in [1.54, 1.807) is 18.2 Å². The van der Waals surface area contributed by atoms with E-state index in [0.29, 0.717) is 13.1 Å². The average molecular weight is 286 g/mol. The van der Waals surface area contributed by atoms with Crippen molar-refractivity contribution in [2.75, 3.05) is 13.6 Å². The molecule has 5 nitrogen and oxygen atoms in total. The number of urea groups is 1. The van der Waals surface area contributed by atoms with Gasteiger partial charge in [0, 0.05) is 13.5 Å². The highest BCUT2D eigenvalue weighted by atomic mass is 16.5. The van der Waals surface area contributed by atoms with Crippen molar-refractivity contribution in [3.8, 4) is 5.75 Å². The number of hydrogen-bond acceptors (Lipinski definition) is 3. The van der Waals surface area contributed by atoms with Gasteiger partial charge in [0.05, 0.1) is 19.4 Å². The molecule has 0 bridgehead atoms. The van der Waals surface area contributed by atoms with Gasteiger partial charge in [-0.2, -0.15) is 0 Å². The number of nitrogens with one attached hydrogen (secondary N) is 1. The van der Waals surface area contributed by atoms with Crippen LogP contribution in [-0.2, 0) is 13.0 Å². The third kappa shape index (κ3) is 3.18. The number of amides is 2. The molecule has 1 aromatic carbocycles. The van der Waals surface area contributed by atoms with Crippen LogP contribution >= 0.6 is 0 Å². The SMILES string of the molecule is CN(Cc1ccco1)C(=O)NC[C@@H]1Cc2ccccc2O1. The molecule has 2 heterocycles. The highest BCUT2D eigenvalue weighted by molar-refractivity contribution is 5.73. The number of nitrogens with zero attached hydrogens (tertiary/aromatic N) is 1. The fourth-order valence-corrected chi connectivity index (χ4v) is 2.41. The lowest BCUT2D eigenvalue weighted by Gasteiger charge is -2.18. The largest absolute Gasteiger partial charge is 0.488 e. The number of para-hydroxylation sites is 1. The standard InChI is InChI=1S/C16H18N2O3/c1-18(11-13-6-4-8-20-13)16(19)17-10-14-9-12-5-2-3-7-15(12)21-14/h2-8,14H,9-11H2,1H3,(H,17,19)/t14-/m0/s1. The molecule has 0 radical (unpaired) electrons. The van der Waals surface area contributed by atoms with Gasteiger partial charge in [-0.1, -0.05) is 18.2 Å². The van der Waals surface area contributed by atoms with Crippen LogP contribution in [0.3, 0.4) is 0 Å². The molecular weight excluding hydrogens is 268 g/mol. The van der Waals surface area contributed by atoms with Crippen LogP contribution in [0.2, 0.25) is 0 Å². The molecular formula is C16H18N2O3. The highest BCUT2D eigenvalue weighted by Gasteiger charge is 2.23. The molecule has 1 aliphatic rings. The Bertz CT molecular complexity index is 585. The number of benzene rings is 1. The molecule has 0 saturated carbocycles. The van der Waals surface area contributed by atoms with E-state index in [0.717, 1.165) is 17.9 Å². The first-order valence-corrected chi connectivity index (χ1v) is 6.98. The lowest BCUT2D eigenvalue weighted by atomic mass is 10.1. The molecule has 0 saturated heterocycles. The summed E-state index contributed by atoms with van der Waals surface area (Å²) in [6, 6.07) is 11.5. The maximum atomic E-state index is 12.0. The number of ether oxygens (including phenoxy) is 1. The van der Waals surface area contributed by atoms with Crippen molar-refractivity contribution in [3.05, 3.63) is 54.0 Å². The summed E-state index contributed by atoms with van der Waals surface area (Å²) in [4.78, 5) is 13.6. The lowest BCUT2D eigenvalue weighted by Crippen LogP contribution is -2.41. The molecule has 3 rings (SSSR count). The van der Waals surface area contributed by atoms with Gasteiger partial charge in [-0.05, 0) is 23.8 Å². The number of furan rings is 1. The molecule has 110 valence electrons. The molecule has 1 atom stereocenters. The van der Waals surface area contributed by atoms with Crippen LogP contribution in [0.15, 0.2) is 47.1 Å². The second-order valence-corrected chi connectivity index (χ2v) is 5.17. The van der Waals surface area contributed by atoms with E-state index >= 15 is 0 Å². The number of fused-ring (bicyclic) bond motifs is 1. The Balaban J connectivity index is 1.46. The van der Waals surface area contributed by atoms with Crippen LogP contribution in [-0.4, -0.2) is 30.6 Å². The van der Waals surface area contributed by atoms with Gasteiger partial charge in [0.2, 0.25) is 0 Å². The van der Waals surface area contributed by atoms with Crippen LogP contribution in [0.4, 0.5) is 4.79 Å². The number of hydrogen-bond donors (Lipinski definition) is 1. The molecule has 0 aliphatic carbocycles. The molecule has 0 spiro atoms. The minimum Gasteiger partial charge on any atom is -0.488 e. The predicted octanol–water partition coefficient (Wildman–Crippen LogP) is 2.42. The molecule has 5 heteroatoms. The second kappa shape index (κ2) is 5.91. The van der Waals surface area contributed by atoms with Crippen molar-refractivity contribution in [1.29, 1.82) is 0 Å². The molecule has 0 fully saturated rings. The zero-order valence-corrected chi connectivity index (χ0v) is 11.9. The summed E-state index contributed by atoms with van der Waals surface area (Å²) >= 11 is 0. The number of carbonyl (C=O) groups is 1. The van der Waals surface area contributed by atoms with Crippen LogP contribution in [0, 0.1) is 0 Å². The van der Waals surface area contributed by atoms with Crippen LogP contribution in [0.1, 0.15) is 11.3 Å². The predicted molar refractivity (Wildman–Crippen MR) is 78.1 cm³/mol. The third-order valence-corrected chi connectivity index (χ3v) is 3.51. The van der Waals surface area contributed by atoms with Crippen molar-refractivity contribution in [1.82, 2.24) is 10.2 Å². The maximum absolute atomic E-state index is 12.0. The van der Waals surface area contributed by atoms with Crippen molar-refractivity contribution >= 4 is 6.03 Å². The van der Waals surface area contributed by atoms with Gasteiger partial charge in [-0.25, -0.2) is 4.79 Å². The molecule has 1 aromatic heterocycles. The van der Waals surface area contributed by atoms with Crippen molar-refractivity contribution in [2.24, 2.45) is 0 Å². The van der Waals surface area contributed by atoms with Gasteiger partial charge >= 0.3 is 6.03 Å². The molecule has 2 amide bonds.